The molecule has 1 aromatic heterocycles. The van der Waals surface area contributed by atoms with Gasteiger partial charge in [0.1, 0.15) is 11.4 Å². The molecule has 1 aromatic carbocycles. The van der Waals surface area contributed by atoms with Crippen molar-refractivity contribution < 1.29 is 9.45 Å². The van der Waals surface area contributed by atoms with E-state index in [-0.39, 0.29) is 16.7 Å². The molecule has 1 atom stereocenters. The molecule has 0 spiro atoms. The summed E-state index contributed by atoms with van der Waals surface area (Å²) < 4.78 is 5.13. The summed E-state index contributed by atoms with van der Waals surface area (Å²) in [6.07, 6.45) is 0. The highest BCUT2D eigenvalue weighted by Gasteiger charge is 2.21. The van der Waals surface area contributed by atoms with Gasteiger partial charge >= 0.3 is 0 Å². The van der Waals surface area contributed by atoms with Crippen molar-refractivity contribution in [3.63, 3.8) is 0 Å². The van der Waals surface area contributed by atoms with E-state index < -0.39 is 0 Å². The van der Waals surface area contributed by atoms with Crippen LogP contribution in [0.5, 0.6) is 0 Å². The highest BCUT2D eigenvalue weighted by atomic mass is 16.6. The van der Waals surface area contributed by atoms with Gasteiger partial charge in [-0.1, -0.05) is 17.3 Å². The summed E-state index contributed by atoms with van der Waals surface area (Å²) in [6.45, 7) is 7.34. The number of anilines is 1. The Hall–Kier alpha value is -2.37. The molecule has 2 aromatic rings. The monoisotopic (exact) mass is 275 g/mol. The number of nitrogens with one attached hydrogen (secondary N) is 1. The molecule has 0 saturated heterocycles. The van der Waals surface area contributed by atoms with Gasteiger partial charge in [0.25, 0.3) is 5.69 Å². The summed E-state index contributed by atoms with van der Waals surface area (Å²) in [5.41, 5.74) is 2.96. The number of aryl methyl sites for hydroxylation is 3. The van der Waals surface area contributed by atoms with Crippen LogP contribution in [0.1, 0.15) is 35.5 Å². The van der Waals surface area contributed by atoms with E-state index in [1.165, 1.54) is 0 Å². The zero-order chi connectivity index (χ0) is 14.9. The molecule has 0 amide bonds. The molecule has 1 heterocycles. The predicted molar refractivity (Wildman–Crippen MR) is 75.8 cm³/mol. The van der Waals surface area contributed by atoms with Gasteiger partial charge in [-0.25, -0.2) is 0 Å². The molecule has 0 bridgehead atoms. The molecule has 2 rings (SSSR count). The lowest BCUT2D eigenvalue weighted by molar-refractivity contribution is -0.384. The lowest BCUT2D eigenvalue weighted by Crippen LogP contribution is -2.10. The number of rotatable bonds is 4. The third-order valence-corrected chi connectivity index (χ3v) is 3.31. The lowest BCUT2D eigenvalue weighted by atomic mass is 10.1. The maximum absolute atomic E-state index is 11.2. The molecule has 6 heteroatoms. The first kappa shape index (κ1) is 14.0. The fourth-order valence-corrected chi connectivity index (χ4v) is 2.43. The van der Waals surface area contributed by atoms with Crippen molar-refractivity contribution in [1.82, 2.24) is 5.16 Å². The maximum atomic E-state index is 11.2. The van der Waals surface area contributed by atoms with Crippen molar-refractivity contribution in [3.05, 3.63) is 50.9 Å². The van der Waals surface area contributed by atoms with E-state index >= 15 is 0 Å². The molecule has 106 valence electrons. The number of nitro benzene ring substituents is 1. The van der Waals surface area contributed by atoms with Crippen LogP contribution in [-0.4, -0.2) is 10.1 Å². The SMILES string of the molecule is Cc1cccc(NC(C)c2c(C)noc2C)c1[N+](=O)[O-]. The Morgan fingerprint density at radius 3 is 2.60 bits per heavy atom. The van der Waals surface area contributed by atoms with Crippen LogP contribution in [-0.2, 0) is 0 Å². The van der Waals surface area contributed by atoms with Crippen LogP contribution in [0.3, 0.4) is 0 Å². The molecule has 0 saturated carbocycles. The molecule has 1 N–H and O–H groups in total. The summed E-state index contributed by atoms with van der Waals surface area (Å²) in [4.78, 5) is 10.8. The Bertz CT molecular complexity index is 630. The summed E-state index contributed by atoms with van der Waals surface area (Å²) >= 11 is 0. The first-order chi connectivity index (χ1) is 9.41. The van der Waals surface area contributed by atoms with Crippen LogP contribution < -0.4 is 5.32 Å². The average Bonchev–Trinajstić information content (AvgIpc) is 2.68. The lowest BCUT2D eigenvalue weighted by Gasteiger charge is -2.15. The Labute approximate surface area is 116 Å². The van der Waals surface area contributed by atoms with Gasteiger partial charge in [-0.2, -0.15) is 0 Å². The van der Waals surface area contributed by atoms with Crippen LogP contribution >= 0.6 is 0 Å². The van der Waals surface area contributed by atoms with E-state index in [9.17, 15) is 10.1 Å². The quantitative estimate of drug-likeness (QED) is 0.680. The predicted octanol–water partition coefficient (Wildman–Crippen LogP) is 3.68. The second-order valence-corrected chi connectivity index (χ2v) is 4.83. The maximum Gasteiger partial charge on any atom is 0.295 e. The van der Waals surface area contributed by atoms with E-state index in [2.05, 4.69) is 10.5 Å². The summed E-state index contributed by atoms with van der Waals surface area (Å²) in [5.74, 6) is 0.720. The Morgan fingerprint density at radius 1 is 1.35 bits per heavy atom. The fourth-order valence-electron chi connectivity index (χ4n) is 2.43. The van der Waals surface area contributed by atoms with Crippen LogP contribution in [0.2, 0.25) is 0 Å². The number of hydrogen-bond donors (Lipinski definition) is 1. The van der Waals surface area contributed by atoms with Gasteiger partial charge in [-0.05, 0) is 33.8 Å². The molecule has 0 fully saturated rings. The van der Waals surface area contributed by atoms with Crippen molar-refractivity contribution in [2.45, 2.75) is 33.7 Å². The van der Waals surface area contributed by atoms with E-state index in [0.29, 0.717) is 11.3 Å². The van der Waals surface area contributed by atoms with Gasteiger partial charge in [-0.3, -0.25) is 10.1 Å². The molecule has 0 radical (unpaired) electrons. The molecular formula is C14H17N3O3. The summed E-state index contributed by atoms with van der Waals surface area (Å²) in [5, 5.41) is 18.3. The minimum absolute atomic E-state index is 0.103. The van der Waals surface area contributed by atoms with Gasteiger partial charge in [-0.15, -0.1) is 0 Å². The number of nitrogens with zero attached hydrogens (tertiary/aromatic N) is 2. The number of hydrogen-bond acceptors (Lipinski definition) is 5. The fraction of sp³-hybridized carbons (Fsp3) is 0.357. The summed E-state index contributed by atoms with van der Waals surface area (Å²) in [7, 11) is 0. The van der Waals surface area contributed by atoms with Gasteiger partial charge in [0.2, 0.25) is 0 Å². The molecule has 0 aliphatic heterocycles. The number of para-hydroxylation sites is 1. The standard InChI is InChI=1S/C14H17N3O3/c1-8-6-5-7-12(14(8)17(18)19)15-9(2)13-10(3)16-20-11(13)4/h5-7,9,15H,1-4H3. The van der Waals surface area contributed by atoms with Crippen molar-refractivity contribution in [1.29, 1.82) is 0 Å². The average molecular weight is 275 g/mol. The smallest absolute Gasteiger partial charge is 0.295 e. The molecule has 0 aliphatic carbocycles. The molecule has 20 heavy (non-hydrogen) atoms. The number of benzene rings is 1. The second-order valence-electron chi connectivity index (χ2n) is 4.83. The van der Waals surface area contributed by atoms with E-state index in [1.807, 2.05) is 20.8 Å². The van der Waals surface area contributed by atoms with Crippen molar-refractivity contribution in [3.8, 4) is 0 Å². The first-order valence-electron chi connectivity index (χ1n) is 6.35. The third kappa shape index (κ3) is 2.49. The van der Waals surface area contributed by atoms with Crippen molar-refractivity contribution in [2.24, 2.45) is 0 Å². The minimum atomic E-state index is -0.363. The van der Waals surface area contributed by atoms with Crippen LogP contribution in [0, 0.1) is 30.9 Å². The highest BCUT2D eigenvalue weighted by molar-refractivity contribution is 5.65. The highest BCUT2D eigenvalue weighted by Crippen LogP contribution is 2.32. The van der Waals surface area contributed by atoms with Gasteiger partial charge in [0.15, 0.2) is 0 Å². The Balaban J connectivity index is 2.36. The van der Waals surface area contributed by atoms with Crippen LogP contribution in [0.4, 0.5) is 11.4 Å². The molecule has 0 aliphatic rings. The van der Waals surface area contributed by atoms with E-state index in [1.54, 1.807) is 25.1 Å². The van der Waals surface area contributed by atoms with Crippen LogP contribution in [0.25, 0.3) is 0 Å². The van der Waals surface area contributed by atoms with Crippen molar-refractivity contribution in [2.75, 3.05) is 5.32 Å². The largest absolute Gasteiger partial charge is 0.373 e. The zero-order valence-corrected chi connectivity index (χ0v) is 11.9. The van der Waals surface area contributed by atoms with Crippen LogP contribution in [0.15, 0.2) is 22.7 Å². The zero-order valence-electron chi connectivity index (χ0n) is 11.9. The first-order valence-corrected chi connectivity index (χ1v) is 6.35. The van der Waals surface area contributed by atoms with E-state index in [0.717, 1.165) is 17.0 Å². The molecule has 6 nitrogen and oxygen atoms in total. The van der Waals surface area contributed by atoms with Gasteiger partial charge in [0.05, 0.1) is 16.7 Å². The Morgan fingerprint density at radius 2 is 2.05 bits per heavy atom. The van der Waals surface area contributed by atoms with Gasteiger partial charge < -0.3 is 9.84 Å². The summed E-state index contributed by atoms with van der Waals surface area (Å²) in [6, 6.07) is 5.11. The number of aromatic nitrogens is 1. The minimum Gasteiger partial charge on any atom is -0.373 e. The molecular weight excluding hydrogens is 258 g/mol. The van der Waals surface area contributed by atoms with Gasteiger partial charge in [0, 0.05) is 11.1 Å². The number of nitro groups is 1. The third-order valence-electron chi connectivity index (χ3n) is 3.31. The topological polar surface area (TPSA) is 81.2 Å². The van der Waals surface area contributed by atoms with Crippen molar-refractivity contribution >= 4 is 11.4 Å². The van der Waals surface area contributed by atoms with E-state index in [4.69, 9.17) is 4.52 Å². The normalized spacial score (nSPS) is 12.2. The Kier molecular flexibility index (Phi) is 3.74. The second kappa shape index (κ2) is 5.32. The molecule has 1 unspecified atom stereocenters.